The van der Waals surface area contributed by atoms with E-state index >= 15 is 0 Å². The van der Waals surface area contributed by atoms with Gasteiger partial charge in [0.25, 0.3) is 0 Å². The monoisotopic (exact) mass is 834 g/mol. The molecule has 4 nitrogen and oxygen atoms in total. The van der Waals surface area contributed by atoms with Gasteiger partial charge >= 0.3 is 0 Å². The fourth-order valence-electron chi connectivity index (χ4n) is 9.13. The highest BCUT2D eigenvalue weighted by atomic mass is 16.3. The highest BCUT2D eigenvalue weighted by molar-refractivity contribution is 5.76. The topological polar surface area (TPSA) is 69.6 Å². The Hall–Kier alpha value is -0.610. The minimum absolute atomic E-state index is 0.0237. The van der Waals surface area contributed by atoms with E-state index in [1.54, 1.807) is 0 Å². The molecule has 2 unspecified atom stereocenters. The number of rotatable bonds is 52. The third-order valence-electron chi connectivity index (χ3n) is 13.4. The second-order valence-electron chi connectivity index (χ2n) is 19.4. The fourth-order valence-corrected chi connectivity index (χ4v) is 9.13. The summed E-state index contributed by atoms with van der Waals surface area (Å²) >= 11 is 0. The molecule has 4 heteroatoms. The largest absolute Gasteiger partial charge is 0.394 e. The summed E-state index contributed by atoms with van der Waals surface area (Å²) in [6.45, 7) is 4.39. The highest BCUT2D eigenvalue weighted by Gasteiger charge is 2.20. The van der Waals surface area contributed by atoms with Crippen LogP contribution in [0.25, 0.3) is 0 Å². The molecule has 0 aromatic carbocycles. The molecule has 0 saturated carbocycles. The first-order valence-corrected chi connectivity index (χ1v) is 27.7. The van der Waals surface area contributed by atoms with Crippen molar-refractivity contribution in [3.8, 4) is 0 Å². The highest BCUT2D eigenvalue weighted by Crippen LogP contribution is 2.18. The van der Waals surface area contributed by atoms with Crippen LogP contribution in [0.15, 0.2) is 0 Å². The standard InChI is InChI=1S/C55H111NO3/c1-3-5-7-9-11-13-15-17-18-19-20-21-22-23-24-25-26-27-28-29-30-31-32-33-34-35-36-37-39-41-43-45-47-49-51-55(59)56-53(52-57)54(58)50-48-46-44-42-40-38-16-14-12-10-8-6-4-2/h53-54,57-58H,3-52H2,1-2H3,(H,56,59). The molecule has 0 aliphatic rings. The van der Waals surface area contributed by atoms with E-state index in [4.69, 9.17) is 0 Å². The summed E-state index contributed by atoms with van der Waals surface area (Å²) in [6, 6.07) is -0.530. The normalized spacial score (nSPS) is 12.7. The lowest BCUT2D eigenvalue weighted by Crippen LogP contribution is -2.45. The molecule has 0 spiro atoms. The van der Waals surface area contributed by atoms with Gasteiger partial charge in [0.05, 0.1) is 18.8 Å². The summed E-state index contributed by atoms with van der Waals surface area (Å²) in [7, 11) is 0. The average Bonchev–Trinajstić information content (AvgIpc) is 3.24. The number of hydrogen-bond acceptors (Lipinski definition) is 3. The van der Waals surface area contributed by atoms with Gasteiger partial charge < -0.3 is 15.5 Å². The van der Waals surface area contributed by atoms with E-state index in [1.165, 1.54) is 276 Å². The van der Waals surface area contributed by atoms with Gasteiger partial charge in [-0.3, -0.25) is 4.79 Å². The van der Waals surface area contributed by atoms with E-state index in [0.29, 0.717) is 12.8 Å². The molecule has 0 heterocycles. The Bertz CT molecular complexity index is 773. The molecule has 0 aliphatic heterocycles. The fraction of sp³-hybridized carbons (Fsp3) is 0.982. The number of aliphatic hydroxyl groups excluding tert-OH is 2. The lowest BCUT2D eigenvalue weighted by molar-refractivity contribution is -0.123. The maximum atomic E-state index is 12.4. The maximum absolute atomic E-state index is 12.4. The number of carbonyl (C=O) groups excluding carboxylic acids is 1. The minimum atomic E-state index is -0.653. The molecule has 3 N–H and O–H groups in total. The summed E-state index contributed by atoms with van der Waals surface area (Å²) in [5, 5.41) is 23.2. The lowest BCUT2D eigenvalue weighted by atomic mass is 10.0. The van der Waals surface area contributed by atoms with Gasteiger partial charge in [0.1, 0.15) is 0 Å². The molecular weight excluding hydrogens is 723 g/mol. The smallest absolute Gasteiger partial charge is 0.220 e. The van der Waals surface area contributed by atoms with E-state index in [0.717, 1.165) is 25.7 Å². The molecule has 0 aliphatic carbocycles. The van der Waals surface area contributed by atoms with Crippen LogP contribution in [0.5, 0.6) is 0 Å². The van der Waals surface area contributed by atoms with E-state index < -0.39 is 12.1 Å². The van der Waals surface area contributed by atoms with Crippen LogP contribution in [0.2, 0.25) is 0 Å². The van der Waals surface area contributed by atoms with Crippen LogP contribution in [-0.2, 0) is 4.79 Å². The van der Waals surface area contributed by atoms with Gasteiger partial charge in [0, 0.05) is 6.42 Å². The maximum Gasteiger partial charge on any atom is 0.220 e. The molecular formula is C55H111NO3. The average molecular weight is 834 g/mol. The van der Waals surface area contributed by atoms with Crippen molar-refractivity contribution < 1.29 is 15.0 Å². The molecule has 0 rings (SSSR count). The summed E-state index contributed by atoms with van der Waals surface area (Å²) in [5.41, 5.74) is 0. The zero-order valence-corrected chi connectivity index (χ0v) is 40.8. The van der Waals surface area contributed by atoms with Crippen LogP contribution in [-0.4, -0.2) is 34.9 Å². The number of nitrogens with one attached hydrogen (secondary N) is 1. The first-order chi connectivity index (χ1) is 29.2. The van der Waals surface area contributed by atoms with Crippen LogP contribution in [0, 0.1) is 0 Å². The Morgan fingerprint density at radius 2 is 0.542 bits per heavy atom. The zero-order valence-electron chi connectivity index (χ0n) is 40.8. The Labute approximate surface area is 372 Å². The summed E-state index contributed by atoms with van der Waals surface area (Å²) < 4.78 is 0. The van der Waals surface area contributed by atoms with Gasteiger partial charge in [-0.2, -0.15) is 0 Å². The van der Waals surface area contributed by atoms with E-state index in [1.807, 2.05) is 0 Å². The Balaban J connectivity index is 3.33. The molecule has 0 fully saturated rings. The second-order valence-corrected chi connectivity index (χ2v) is 19.4. The van der Waals surface area contributed by atoms with Crippen molar-refractivity contribution in [2.24, 2.45) is 0 Å². The number of amides is 1. The summed E-state index contributed by atoms with van der Waals surface area (Å²) in [5.74, 6) is -0.0237. The number of hydrogen-bond donors (Lipinski definition) is 3. The van der Waals surface area contributed by atoms with Gasteiger partial charge in [-0.05, 0) is 12.8 Å². The SMILES string of the molecule is CCCCCCCCCCCCCCCCCCCCCCCCCCCCCCCCCCCCC(=O)NC(CO)C(O)CCCCCCCCCCCCCCC. The van der Waals surface area contributed by atoms with Crippen LogP contribution in [0.3, 0.4) is 0 Å². The summed E-state index contributed by atoms with van der Waals surface area (Å²) in [4.78, 5) is 12.4. The van der Waals surface area contributed by atoms with Crippen molar-refractivity contribution in [2.75, 3.05) is 6.61 Å². The first kappa shape index (κ1) is 58.4. The summed E-state index contributed by atoms with van der Waals surface area (Å²) in [6.07, 6.45) is 65.3. The van der Waals surface area contributed by atoms with Crippen LogP contribution in [0.4, 0.5) is 0 Å². The zero-order chi connectivity index (χ0) is 42.8. The number of carbonyl (C=O) groups is 1. The van der Waals surface area contributed by atoms with Gasteiger partial charge in [-0.25, -0.2) is 0 Å². The second kappa shape index (κ2) is 51.7. The lowest BCUT2D eigenvalue weighted by Gasteiger charge is -2.22. The van der Waals surface area contributed by atoms with Crippen molar-refractivity contribution in [1.82, 2.24) is 5.32 Å². The quantitative estimate of drug-likeness (QED) is 0.0535. The van der Waals surface area contributed by atoms with Crippen molar-refractivity contribution in [3.05, 3.63) is 0 Å². The van der Waals surface area contributed by atoms with E-state index in [9.17, 15) is 15.0 Å². The molecule has 2 atom stereocenters. The Morgan fingerprint density at radius 1 is 0.339 bits per heavy atom. The molecule has 354 valence electrons. The Kier molecular flexibility index (Phi) is 51.2. The van der Waals surface area contributed by atoms with Crippen LogP contribution < -0.4 is 5.32 Å². The molecule has 0 aromatic heterocycles. The van der Waals surface area contributed by atoms with E-state index in [-0.39, 0.29) is 12.5 Å². The van der Waals surface area contributed by atoms with E-state index in [2.05, 4.69) is 19.2 Å². The van der Waals surface area contributed by atoms with Crippen molar-refractivity contribution >= 4 is 5.91 Å². The van der Waals surface area contributed by atoms with Gasteiger partial charge in [-0.15, -0.1) is 0 Å². The Morgan fingerprint density at radius 3 is 0.763 bits per heavy atom. The molecule has 59 heavy (non-hydrogen) atoms. The predicted molar refractivity (Wildman–Crippen MR) is 263 cm³/mol. The third-order valence-corrected chi connectivity index (χ3v) is 13.4. The molecule has 1 amide bonds. The first-order valence-electron chi connectivity index (χ1n) is 27.7. The van der Waals surface area contributed by atoms with Gasteiger partial charge in [0.2, 0.25) is 5.91 Å². The molecule has 0 bridgehead atoms. The number of unbranched alkanes of at least 4 members (excludes halogenated alkanes) is 45. The minimum Gasteiger partial charge on any atom is -0.394 e. The molecule has 0 aromatic rings. The van der Waals surface area contributed by atoms with Crippen molar-refractivity contribution in [3.63, 3.8) is 0 Å². The van der Waals surface area contributed by atoms with Crippen LogP contribution >= 0.6 is 0 Å². The van der Waals surface area contributed by atoms with Gasteiger partial charge in [-0.1, -0.05) is 309 Å². The molecule has 0 saturated heterocycles. The third kappa shape index (κ3) is 48.3. The van der Waals surface area contributed by atoms with Crippen molar-refractivity contribution in [1.29, 1.82) is 0 Å². The molecule has 0 radical (unpaired) electrons. The predicted octanol–water partition coefficient (Wildman–Crippen LogP) is 18.0. The number of aliphatic hydroxyl groups is 2. The van der Waals surface area contributed by atoms with Crippen LogP contribution in [0.1, 0.15) is 328 Å². The van der Waals surface area contributed by atoms with Crippen molar-refractivity contribution in [2.45, 2.75) is 341 Å². The van der Waals surface area contributed by atoms with Gasteiger partial charge in [0.15, 0.2) is 0 Å².